The zero-order valence-corrected chi connectivity index (χ0v) is 14.6. The summed E-state index contributed by atoms with van der Waals surface area (Å²) in [7, 11) is 0. The van der Waals surface area contributed by atoms with E-state index in [1.807, 2.05) is 0 Å². The van der Waals surface area contributed by atoms with Gasteiger partial charge in [0.1, 0.15) is 17.2 Å². The van der Waals surface area contributed by atoms with Crippen molar-refractivity contribution >= 4 is 5.97 Å². The van der Waals surface area contributed by atoms with Gasteiger partial charge in [-0.25, -0.2) is 18.6 Å². The minimum absolute atomic E-state index is 0.336. The van der Waals surface area contributed by atoms with Gasteiger partial charge in [0.2, 0.25) is 0 Å². The monoisotopic (exact) mass is 389 g/mol. The Balaban J connectivity index is 2.62. The van der Waals surface area contributed by atoms with Crippen LogP contribution < -0.4 is 0 Å². The van der Waals surface area contributed by atoms with Gasteiger partial charge in [0, 0.05) is 11.6 Å². The Morgan fingerprint density at radius 1 is 1.11 bits per heavy atom. The van der Waals surface area contributed by atoms with Gasteiger partial charge < -0.3 is 9.84 Å². The molecule has 4 nitrogen and oxygen atoms in total. The maximum atomic E-state index is 14.0. The number of hydrogen-bond acceptors (Lipinski definition) is 4. The second-order valence-electron chi connectivity index (χ2n) is 6.74. The molecular formula is C18H16F5NO3. The minimum Gasteiger partial charge on any atom is -0.456 e. The quantitative estimate of drug-likeness (QED) is 0.617. The molecule has 0 spiro atoms. The van der Waals surface area contributed by atoms with E-state index in [4.69, 9.17) is 4.74 Å². The highest BCUT2D eigenvalue weighted by Crippen LogP contribution is 2.34. The van der Waals surface area contributed by atoms with Crippen LogP contribution in [0.2, 0.25) is 0 Å². The maximum absolute atomic E-state index is 14.0. The third-order valence-corrected chi connectivity index (χ3v) is 3.28. The van der Waals surface area contributed by atoms with Gasteiger partial charge in [-0.1, -0.05) is 0 Å². The lowest BCUT2D eigenvalue weighted by molar-refractivity contribution is -0.207. The van der Waals surface area contributed by atoms with Gasteiger partial charge in [-0.15, -0.1) is 0 Å². The SMILES string of the molecule is CC(C)(C)OC(=O)c1cc(-c2ccc(F)cc2F)nc(C(O)C(F)(F)F)c1. The zero-order chi connectivity index (χ0) is 20.6. The number of carbonyl (C=O) groups is 1. The first kappa shape index (κ1) is 20.8. The molecule has 1 aromatic heterocycles. The third kappa shape index (κ3) is 5.22. The summed E-state index contributed by atoms with van der Waals surface area (Å²) in [5.74, 6) is -2.96. The summed E-state index contributed by atoms with van der Waals surface area (Å²) in [6.07, 6.45) is -8.06. The summed E-state index contributed by atoms with van der Waals surface area (Å²) in [5, 5.41) is 9.49. The van der Waals surface area contributed by atoms with Gasteiger partial charge in [-0.2, -0.15) is 13.2 Å². The van der Waals surface area contributed by atoms with Crippen LogP contribution in [0.15, 0.2) is 30.3 Å². The number of carbonyl (C=O) groups excluding carboxylic acids is 1. The van der Waals surface area contributed by atoms with Gasteiger partial charge in [0.15, 0.2) is 6.10 Å². The molecule has 0 bridgehead atoms. The average molecular weight is 389 g/mol. The molecule has 0 radical (unpaired) electrons. The molecule has 0 fully saturated rings. The number of aliphatic hydroxyl groups excluding tert-OH is 1. The molecule has 0 aliphatic rings. The second-order valence-corrected chi connectivity index (χ2v) is 6.74. The van der Waals surface area contributed by atoms with Crippen molar-refractivity contribution in [2.75, 3.05) is 0 Å². The summed E-state index contributed by atoms with van der Waals surface area (Å²) in [5.41, 5.74) is -2.93. The maximum Gasteiger partial charge on any atom is 0.420 e. The fourth-order valence-electron chi connectivity index (χ4n) is 2.15. The molecule has 0 saturated carbocycles. The standard InChI is InChI=1S/C18H16F5NO3/c1-17(2,3)27-16(26)9-6-13(11-5-4-10(19)8-12(11)20)24-14(7-9)15(25)18(21,22)23/h4-8,15,25H,1-3H3. The Morgan fingerprint density at radius 3 is 2.26 bits per heavy atom. The van der Waals surface area contributed by atoms with Gasteiger partial charge in [-0.3, -0.25) is 0 Å². The van der Waals surface area contributed by atoms with E-state index in [1.54, 1.807) is 20.8 Å². The van der Waals surface area contributed by atoms with Crippen LogP contribution in [0.1, 0.15) is 42.9 Å². The molecule has 0 saturated heterocycles. The van der Waals surface area contributed by atoms with Crippen LogP contribution in [-0.4, -0.2) is 27.8 Å². The Kier molecular flexibility index (Phi) is 5.55. The normalized spacial score (nSPS) is 13.4. The van der Waals surface area contributed by atoms with Crippen LogP contribution in [0, 0.1) is 11.6 Å². The minimum atomic E-state index is -5.06. The second kappa shape index (κ2) is 7.22. The van der Waals surface area contributed by atoms with E-state index in [1.165, 1.54) is 0 Å². The number of aromatic nitrogens is 1. The van der Waals surface area contributed by atoms with Crippen molar-refractivity contribution in [2.45, 2.75) is 38.7 Å². The molecule has 1 unspecified atom stereocenters. The van der Waals surface area contributed by atoms with Crippen molar-refractivity contribution in [3.8, 4) is 11.3 Å². The molecule has 146 valence electrons. The first-order valence-electron chi connectivity index (χ1n) is 7.73. The average Bonchev–Trinajstić information content (AvgIpc) is 2.51. The van der Waals surface area contributed by atoms with E-state index in [2.05, 4.69) is 4.98 Å². The van der Waals surface area contributed by atoms with Gasteiger partial charge in [0.25, 0.3) is 0 Å². The lowest BCUT2D eigenvalue weighted by Crippen LogP contribution is -2.25. The molecule has 27 heavy (non-hydrogen) atoms. The van der Waals surface area contributed by atoms with E-state index in [0.29, 0.717) is 6.07 Å². The number of aliphatic hydroxyl groups is 1. The topological polar surface area (TPSA) is 59.4 Å². The van der Waals surface area contributed by atoms with Crippen LogP contribution in [-0.2, 0) is 4.74 Å². The lowest BCUT2D eigenvalue weighted by Gasteiger charge is -2.21. The molecule has 1 aromatic carbocycles. The number of alkyl halides is 3. The molecule has 0 amide bonds. The number of nitrogens with zero attached hydrogens (tertiary/aromatic N) is 1. The van der Waals surface area contributed by atoms with E-state index in [-0.39, 0.29) is 16.8 Å². The van der Waals surface area contributed by atoms with E-state index < -0.39 is 41.2 Å². The van der Waals surface area contributed by atoms with Gasteiger partial charge in [0.05, 0.1) is 17.0 Å². The van der Waals surface area contributed by atoms with Crippen LogP contribution in [0.5, 0.6) is 0 Å². The molecule has 2 rings (SSSR count). The summed E-state index contributed by atoms with van der Waals surface area (Å²) in [6, 6.07) is 4.11. The van der Waals surface area contributed by atoms with Crippen LogP contribution in [0.4, 0.5) is 22.0 Å². The highest BCUT2D eigenvalue weighted by atomic mass is 19.4. The molecular weight excluding hydrogens is 373 g/mol. The van der Waals surface area contributed by atoms with Crippen LogP contribution in [0.3, 0.4) is 0 Å². The number of hydrogen-bond donors (Lipinski definition) is 1. The number of ether oxygens (including phenoxy) is 1. The van der Waals surface area contributed by atoms with Crippen molar-refractivity contribution in [3.05, 3.63) is 53.2 Å². The molecule has 9 heteroatoms. The Bertz CT molecular complexity index is 859. The Hall–Kier alpha value is -2.55. The van der Waals surface area contributed by atoms with Crippen molar-refractivity contribution in [2.24, 2.45) is 0 Å². The first-order valence-corrected chi connectivity index (χ1v) is 7.73. The lowest BCUT2D eigenvalue weighted by atomic mass is 10.0. The molecule has 0 aliphatic heterocycles. The zero-order valence-electron chi connectivity index (χ0n) is 14.6. The van der Waals surface area contributed by atoms with Crippen LogP contribution >= 0.6 is 0 Å². The highest BCUT2D eigenvalue weighted by Gasteiger charge is 2.41. The predicted molar refractivity (Wildman–Crippen MR) is 85.8 cm³/mol. The smallest absolute Gasteiger partial charge is 0.420 e. The fourth-order valence-corrected chi connectivity index (χ4v) is 2.15. The molecule has 2 aromatic rings. The number of pyridine rings is 1. The summed E-state index contributed by atoms with van der Waals surface area (Å²) in [4.78, 5) is 15.8. The van der Waals surface area contributed by atoms with E-state index in [9.17, 15) is 31.9 Å². The third-order valence-electron chi connectivity index (χ3n) is 3.28. The Morgan fingerprint density at radius 2 is 1.74 bits per heavy atom. The highest BCUT2D eigenvalue weighted by molar-refractivity contribution is 5.91. The van der Waals surface area contributed by atoms with Crippen molar-refractivity contribution in [1.29, 1.82) is 0 Å². The molecule has 0 aliphatic carbocycles. The van der Waals surface area contributed by atoms with Gasteiger partial charge in [-0.05, 0) is 45.0 Å². The molecule has 1 heterocycles. The van der Waals surface area contributed by atoms with Crippen molar-refractivity contribution in [3.63, 3.8) is 0 Å². The van der Waals surface area contributed by atoms with Crippen molar-refractivity contribution in [1.82, 2.24) is 4.98 Å². The predicted octanol–water partition coefficient (Wildman–Crippen LogP) is 4.58. The van der Waals surface area contributed by atoms with Crippen molar-refractivity contribution < 1.29 is 36.6 Å². The Labute approximate surface area is 151 Å². The number of benzene rings is 1. The van der Waals surface area contributed by atoms with E-state index in [0.717, 1.165) is 24.3 Å². The molecule has 1 N–H and O–H groups in total. The first-order chi connectivity index (χ1) is 12.3. The summed E-state index contributed by atoms with van der Waals surface area (Å²) in [6.45, 7) is 4.66. The number of rotatable bonds is 3. The van der Waals surface area contributed by atoms with Crippen LogP contribution in [0.25, 0.3) is 11.3 Å². The number of halogens is 5. The number of esters is 1. The van der Waals surface area contributed by atoms with E-state index >= 15 is 0 Å². The fraction of sp³-hybridized carbons (Fsp3) is 0.333. The largest absolute Gasteiger partial charge is 0.456 e. The summed E-state index contributed by atoms with van der Waals surface area (Å²) >= 11 is 0. The molecule has 1 atom stereocenters. The van der Waals surface area contributed by atoms with Gasteiger partial charge >= 0.3 is 12.1 Å². The summed E-state index contributed by atoms with van der Waals surface area (Å²) < 4.78 is 70.9.